The summed E-state index contributed by atoms with van der Waals surface area (Å²) in [5.74, 6) is 2.23. The standard InChI is InChI=1S/C17H21Cl2N5/c1-12-5-8-24(9-6-12)16-11-21-23-17(22-16)20-7-4-13-2-3-14(18)10-15(13)19/h2-3,10-12H,4-9H2,1H3,(H,20,22,23). The molecule has 1 N–H and O–H groups in total. The van der Waals surface area contributed by atoms with Crippen LogP contribution in [0.4, 0.5) is 11.8 Å². The van der Waals surface area contributed by atoms with Gasteiger partial charge in [-0.3, -0.25) is 0 Å². The Morgan fingerprint density at radius 1 is 1.25 bits per heavy atom. The number of piperidine rings is 1. The van der Waals surface area contributed by atoms with Crippen LogP contribution in [0.5, 0.6) is 0 Å². The van der Waals surface area contributed by atoms with E-state index in [2.05, 4.69) is 32.3 Å². The first-order valence-corrected chi connectivity index (χ1v) is 9.00. The molecule has 0 unspecified atom stereocenters. The first-order chi connectivity index (χ1) is 11.6. The van der Waals surface area contributed by atoms with Crippen LogP contribution in [0.15, 0.2) is 24.4 Å². The summed E-state index contributed by atoms with van der Waals surface area (Å²) in [5, 5.41) is 12.7. The van der Waals surface area contributed by atoms with Gasteiger partial charge in [0.05, 0.1) is 6.20 Å². The van der Waals surface area contributed by atoms with Crippen molar-refractivity contribution < 1.29 is 0 Å². The maximum atomic E-state index is 6.19. The molecule has 128 valence electrons. The Bertz CT molecular complexity index is 686. The maximum absolute atomic E-state index is 6.19. The number of hydrogen-bond donors (Lipinski definition) is 1. The van der Waals surface area contributed by atoms with Crippen molar-refractivity contribution in [3.8, 4) is 0 Å². The normalized spacial score (nSPS) is 15.5. The molecule has 2 aromatic rings. The number of halogens is 2. The van der Waals surface area contributed by atoms with E-state index in [-0.39, 0.29) is 0 Å². The second-order valence-corrected chi connectivity index (χ2v) is 7.06. The van der Waals surface area contributed by atoms with Crippen LogP contribution in [0.2, 0.25) is 10.0 Å². The van der Waals surface area contributed by atoms with Gasteiger partial charge in [0.15, 0.2) is 5.82 Å². The molecular formula is C17H21Cl2N5. The van der Waals surface area contributed by atoms with Crippen LogP contribution in [0, 0.1) is 5.92 Å². The number of anilines is 2. The highest BCUT2D eigenvalue weighted by Gasteiger charge is 2.17. The van der Waals surface area contributed by atoms with Gasteiger partial charge in [-0.25, -0.2) is 0 Å². The third-order valence-corrected chi connectivity index (χ3v) is 4.93. The van der Waals surface area contributed by atoms with Crippen LogP contribution in [-0.2, 0) is 6.42 Å². The summed E-state index contributed by atoms with van der Waals surface area (Å²) in [5.41, 5.74) is 1.04. The summed E-state index contributed by atoms with van der Waals surface area (Å²) in [6, 6.07) is 5.55. The molecule has 0 spiro atoms. The SMILES string of the molecule is CC1CCN(c2cnnc(NCCc3ccc(Cl)cc3Cl)n2)CC1. The molecule has 0 bridgehead atoms. The average molecular weight is 366 g/mol. The molecule has 3 rings (SSSR count). The number of rotatable bonds is 5. The lowest BCUT2D eigenvalue weighted by Gasteiger charge is -2.30. The van der Waals surface area contributed by atoms with E-state index in [1.165, 1.54) is 12.8 Å². The molecule has 1 fully saturated rings. The zero-order valence-corrected chi connectivity index (χ0v) is 15.2. The number of hydrogen-bond acceptors (Lipinski definition) is 5. The molecule has 24 heavy (non-hydrogen) atoms. The van der Waals surface area contributed by atoms with E-state index in [9.17, 15) is 0 Å². The van der Waals surface area contributed by atoms with Crippen molar-refractivity contribution in [2.75, 3.05) is 29.9 Å². The van der Waals surface area contributed by atoms with Crippen molar-refractivity contribution in [3.63, 3.8) is 0 Å². The maximum Gasteiger partial charge on any atom is 0.244 e. The third kappa shape index (κ3) is 4.48. The fourth-order valence-electron chi connectivity index (χ4n) is 2.79. The van der Waals surface area contributed by atoms with Gasteiger partial charge in [0.2, 0.25) is 5.95 Å². The summed E-state index contributed by atoms with van der Waals surface area (Å²) in [7, 11) is 0. The van der Waals surface area contributed by atoms with Crippen molar-refractivity contribution in [1.29, 1.82) is 0 Å². The Morgan fingerprint density at radius 3 is 2.79 bits per heavy atom. The summed E-state index contributed by atoms with van der Waals surface area (Å²) in [6.07, 6.45) is 4.89. The van der Waals surface area contributed by atoms with Crippen molar-refractivity contribution in [1.82, 2.24) is 15.2 Å². The van der Waals surface area contributed by atoms with E-state index in [4.69, 9.17) is 23.2 Å². The van der Waals surface area contributed by atoms with Gasteiger partial charge in [0, 0.05) is 29.7 Å². The Hall–Kier alpha value is -1.59. The van der Waals surface area contributed by atoms with Crippen molar-refractivity contribution >= 4 is 35.0 Å². The first-order valence-electron chi connectivity index (χ1n) is 8.24. The topological polar surface area (TPSA) is 53.9 Å². The predicted octanol–water partition coefficient (Wildman–Crippen LogP) is 4.07. The van der Waals surface area contributed by atoms with Crippen LogP contribution in [0.1, 0.15) is 25.3 Å². The molecule has 1 aliphatic rings. The Morgan fingerprint density at radius 2 is 2.04 bits per heavy atom. The molecule has 5 nitrogen and oxygen atoms in total. The minimum absolute atomic E-state index is 0.552. The molecule has 0 saturated carbocycles. The Kier molecular flexibility index (Phi) is 5.74. The zero-order valence-electron chi connectivity index (χ0n) is 13.7. The fraction of sp³-hybridized carbons (Fsp3) is 0.471. The molecule has 7 heteroatoms. The van der Waals surface area contributed by atoms with Crippen LogP contribution < -0.4 is 10.2 Å². The summed E-state index contributed by atoms with van der Waals surface area (Å²) in [6.45, 7) is 5.04. The van der Waals surface area contributed by atoms with Crippen LogP contribution in [-0.4, -0.2) is 34.8 Å². The zero-order chi connectivity index (χ0) is 16.9. The molecule has 0 aliphatic carbocycles. The minimum Gasteiger partial charge on any atom is -0.355 e. The first kappa shape index (κ1) is 17.2. The second kappa shape index (κ2) is 7.99. The van der Waals surface area contributed by atoms with Gasteiger partial charge >= 0.3 is 0 Å². The molecular weight excluding hydrogens is 345 g/mol. The fourth-order valence-corrected chi connectivity index (χ4v) is 3.30. The monoisotopic (exact) mass is 365 g/mol. The largest absolute Gasteiger partial charge is 0.355 e. The molecule has 1 aromatic carbocycles. The average Bonchev–Trinajstić information content (AvgIpc) is 2.58. The van der Waals surface area contributed by atoms with E-state index < -0.39 is 0 Å². The molecule has 0 atom stereocenters. The third-order valence-electron chi connectivity index (χ3n) is 4.35. The number of aromatic nitrogens is 3. The molecule has 2 heterocycles. The van der Waals surface area contributed by atoms with Gasteiger partial charge in [-0.2, -0.15) is 10.1 Å². The Labute approximate surface area is 152 Å². The van der Waals surface area contributed by atoms with Crippen molar-refractivity contribution in [3.05, 3.63) is 40.0 Å². The molecule has 1 aliphatic heterocycles. The highest BCUT2D eigenvalue weighted by Crippen LogP contribution is 2.22. The van der Waals surface area contributed by atoms with Crippen molar-refractivity contribution in [2.45, 2.75) is 26.2 Å². The minimum atomic E-state index is 0.552. The van der Waals surface area contributed by atoms with Crippen LogP contribution in [0.3, 0.4) is 0 Å². The molecule has 1 aromatic heterocycles. The highest BCUT2D eigenvalue weighted by molar-refractivity contribution is 6.35. The highest BCUT2D eigenvalue weighted by atomic mass is 35.5. The lowest BCUT2D eigenvalue weighted by atomic mass is 9.99. The lowest BCUT2D eigenvalue weighted by Crippen LogP contribution is -2.33. The molecule has 0 amide bonds. The number of nitrogens with one attached hydrogen (secondary N) is 1. The van der Waals surface area contributed by atoms with Gasteiger partial charge in [-0.15, -0.1) is 5.10 Å². The number of benzene rings is 1. The summed E-state index contributed by atoms with van der Waals surface area (Å²) < 4.78 is 0. The van der Waals surface area contributed by atoms with Gasteiger partial charge in [-0.05, 0) is 42.9 Å². The molecule has 0 radical (unpaired) electrons. The number of nitrogens with zero attached hydrogens (tertiary/aromatic N) is 4. The van der Waals surface area contributed by atoms with E-state index in [0.717, 1.165) is 36.8 Å². The van der Waals surface area contributed by atoms with Gasteiger partial charge in [0.1, 0.15) is 0 Å². The van der Waals surface area contributed by atoms with E-state index in [0.29, 0.717) is 22.5 Å². The quantitative estimate of drug-likeness (QED) is 0.865. The summed E-state index contributed by atoms with van der Waals surface area (Å²) in [4.78, 5) is 6.85. The predicted molar refractivity (Wildman–Crippen MR) is 99.1 cm³/mol. The smallest absolute Gasteiger partial charge is 0.244 e. The second-order valence-electron chi connectivity index (χ2n) is 6.22. The lowest BCUT2D eigenvalue weighted by molar-refractivity contribution is 0.436. The van der Waals surface area contributed by atoms with E-state index in [1.807, 2.05) is 12.1 Å². The molecule has 1 saturated heterocycles. The van der Waals surface area contributed by atoms with Gasteiger partial charge < -0.3 is 10.2 Å². The van der Waals surface area contributed by atoms with E-state index in [1.54, 1.807) is 12.3 Å². The van der Waals surface area contributed by atoms with Gasteiger partial charge in [0.25, 0.3) is 0 Å². The van der Waals surface area contributed by atoms with Crippen molar-refractivity contribution in [2.24, 2.45) is 5.92 Å². The van der Waals surface area contributed by atoms with Crippen LogP contribution >= 0.6 is 23.2 Å². The Balaban J connectivity index is 1.56. The van der Waals surface area contributed by atoms with Gasteiger partial charge in [-0.1, -0.05) is 36.2 Å². The van der Waals surface area contributed by atoms with Crippen LogP contribution in [0.25, 0.3) is 0 Å². The summed E-state index contributed by atoms with van der Waals surface area (Å²) >= 11 is 12.1. The van der Waals surface area contributed by atoms with E-state index >= 15 is 0 Å².